The molecular weight excluding hydrogens is 203 g/mol. The lowest BCUT2D eigenvalue weighted by Crippen LogP contribution is -2.30. The van der Waals surface area contributed by atoms with Gasteiger partial charge in [-0.05, 0) is 44.4 Å². The fourth-order valence-electron chi connectivity index (χ4n) is 2.07. The van der Waals surface area contributed by atoms with Crippen molar-refractivity contribution in [2.75, 3.05) is 12.8 Å². The SMILES string of the molecule is CC(C1CC1)N(C)Cc1cccc(F)c1N. The average molecular weight is 222 g/mol. The number of hydrogen-bond donors (Lipinski definition) is 1. The molecule has 3 heteroatoms. The summed E-state index contributed by atoms with van der Waals surface area (Å²) in [5.74, 6) is 0.504. The summed E-state index contributed by atoms with van der Waals surface area (Å²) in [6, 6.07) is 5.58. The molecule has 1 saturated carbocycles. The zero-order valence-corrected chi connectivity index (χ0v) is 9.91. The minimum absolute atomic E-state index is 0.289. The molecule has 0 aliphatic heterocycles. The van der Waals surface area contributed by atoms with E-state index in [1.165, 1.54) is 18.9 Å². The predicted molar refractivity (Wildman–Crippen MR) is 64.5 cm³/mol. The molecule has 1 aromatic rings. The van der Waals surface area contributed by atoms with Crippen LogP contribution in [0.1, 0.15) is 25.3 Å². The van der Waals surface area contributed by atoms with Crippen molar-refractivity contribution in [3.05, 3.63) is 29.6 Å². The van der Waals surface area contributed by atoms with Crippen LogP contribution in [0.2, 0.25) is 0 Å². The van der Waals surface area contributed by atoms with E-state index in [1.54, 1.807) is 6.07 Å². The van der Waals surface area contributed by atoms with Crippen molar-refractivity contribution in [3.8, 4) is 0 Å². The molecule has 1 fully saturated rings. The number of para-hydroxylation sites is 1. The maximum Gasteiger partial charge on any atom is 0.146 e. The predicted octanol–water partition coefficient (Wildman–Crippen LogP) is 2.64. The van der Waals surface area contributed by atoms with Gasteiger partial charge in [-0.3, -0.25) is 4.90 Å². The first-order valence-corrected chi connectivity index (χ1v) is 5.82. The summed E-state index contributed by atoms with van der Waals surface area (Å²) in [5, 5.41) is 0. The molecule has 1 aromatic carbocycles. The van der Waals surface area contributed by atoms with Gasteiger partial charge in [-0.15, -0.1) is 0 Å². The maximum absolute atomic E-state index is 13.3. The molecule has 0 heterocycles. The van der Waals surface area contributed by atoms with Crippen molar-refractivity contribution in [1.29, 1.82) is 0 Å². The molecule has 0 aromatic heterocycles. The van der Waals surface area contributed by atoms with Crippen LogP contribution in [0.4, 0.5) is 10.1 Å². The van der Waals surface area contributed by atoms with Crippen molar-refractivity contribution in [3.63, 3.8) is 0 Å². The van der Waals surface area contributed by atoms with E-state index < -0.39 is 0 Å². The number of benzene rings is 1. The topological polar surface area (TPSA) is 29.3 Å². The van der Waals surface area contributed by atoms with Crippen LogP contribution >= 0.6 is 0 Å². The van der Waals surface area contributed by atoms with Gasteiger partial charge >= 0.3 is 0 Å². The fraction of sp³-hybridized carbons (Fsp3) is 0.538. The monoisotopic (exact) mass is 222 g/mol. The molecule has 0 spiro atoms. The highest BCUT2D eigenvalue weighted by Crippen LogP contribution is 2.35. The van der Waals surface area contributed by atoms with Gasteiger partial charge in [0.2, 0.25) is 0 Å². The molecule has 2 rings (SSSR count). The van der Waals surface area contributed by atoms with E-state index in [4.69, 9.17) is 5.73 Å². The summed E-state index contributed by atoms with van der Waals surface area (Å²) < 4.78 is 13.3. The Morgan fingerprint density at radius 1 is 1.50 bits per heavy atom. The molecule has 2 nitrogen and oxygen atoms in total. The van der Waals surface area contributed by atoms with E-state index in [0.717, 1.165) is 18.0 Å². The highest BCUT2D eigenvalue weighted by atomic mass is 19.1. The number of anilines is 1. The molecule has 1 unspecified atom stereocenters. The van der Waals surface area contributed by atoms with Crippen molar-refractivity contribution in [2.45, 2.75) is 32.4 Å². The van der Waals surface area contributed by atoms with Gasteiger partial charge in [0.1, 0.15) is 5.82 Å². The molecular formula is C13H19FN2. The van der Waals surface area contributed by atoms with Gasteiger partial charge in [0.25, 0.3) is 0 Å². The van der Waals surface area contributed by atoms with E-state index in [0.29, 0.717) is 6.04 Å². The lowest BCUT2D eigenvalue weighted by atomic mass is 10.1. The Hall–Kier alpha value is -1.09. The first-order chi connectivity index (χ1) is 7.59. The normalized spacial score (nSPS) is 17.8. The Bertz CT molecular complexity index is 374. The summed E-state index contributed by atoms with van der Waals surface area (Å²) in [7, 11) is 2.08. The molecule has 0 saturated heterocycles. The largest absolute Gasteiger partial charge is 0.396 e. The van der Waals surface area contributed by atoms with E-state index >= 15 is 0 Å². The Morgan fingerprint density at radius 2 is 2.19 bits per heavy atom. The van der Waals surface area contributed by atoms with Gasteiger partial charge in [-0.25, -0.2) is 4.39 Å². The van der Waals surface area contributed by atoms with E-state index in [9.17, 15) is 4.39 Å². The van der Waals surface area contributed by atoms with Crippen molar-refractivity contribution in [2.24, 2.45) is 5.92 Å². The van der Waals surface area contributed by atoms with E-state index in [1.807, 2.05) is 6.07 Å². The van der Waals surface area contributed by atoms with Crippen LogP contribution < -0.4 is 5.73 Å². The van der Waals surface area contributed by atoms with Crippen LogP contribution in [-0.4, -0.2) is 18.0 Å². The zero-order valence-electron chi connectivity index (χ0n) is 9.91. The minimum Gasteiger partial charge on any atom is -0.396 e. The maximum atomic E-state index is 13.3. The highest BCUT2D eigenvalue weighted by Gasteiger charge is 2.30. The summed E-state index contributed by atoms with van der Waals surface area (Å²) in [4.78, 5) is 2.25. The van der Waals surface area contributed by atoms with Crippen molar-refractivity contribution >= 4 is 5.69 Å². The van der Waals surface area contributed by atoms with Gasteiger partial charge in [-0.1, -0.05) is 12.1 Å². The molecule has 16 heavy (non-hydrogen) atoms. The van der Waals surface area contributed by atoms with Gasteiger partial charge in [0.15, 0.2) is 0 Å². The second-order valence-corrected chi connectivity index (χ2v) is 4.81. The van der Waals surface area contributed by atoms with Crippen LogP contribution in [0, 0.1) is 11.7 Å². The van der Waals surface area contributed by atoms with Crippen LogP contribution in [0.3, 0.4) is 0 Å². The third kappa shape index (κ3) is 2.35. The number of nitrogen functional groups attached to an aromatic ring is 1. The van der Waals surface area contributed by atoms with Crippen LogP contribution in [0.5, 0.6) is 0 Å². The number of nitrogens with two attached hydrogens (primary N) is 1. The minimum atomic E-state index is -0.315. The Kier molecular flexibility index (Phi) is 3.15. The van der Waals surface area contributed by atoms with Crippen molar-refractivity contribution in [1.82, 2.24) is 4.90 Å². The standard InChI is InChI=1S/C13H19FN2/c1-9(10-6-7-10)16(2)8-11-4-3-5-12(14)13(11)15/h3-5,9-10H,6-8,15H2,1-2H3. The van der Waals surface area contributed by atoms with E-state index in [-0.39, 0.29) is 11.5 Å². The van der Waals surface area contributed by atoms with Gasteiger partial charge in [0.05, 0.1) is 5.69 Å². The lowest BCUT2D eigenvalue weighted by molar-refractivity contribution is 0.226. The zero-order chi connectivity index (χ0) is 11.7. The Balaban J connectivity index is 2.05. The first-order valence-electron chi connectivity index (χ1n) is 5.82. The second kappa shape index (κ2) is 4.42. The quantitative estimate of drug-likeness (QED) is 0.793. The molecule has 1 atom stereocenters. The number of rotatable bonds is 4. The molecule has 1 aliphatic carbocycles. The van der Waals surface area contributed by atoms with Crippen molar-refractivity contribution < 1.29 is 4.39 Å². The number of halogens is 1. The summed E-state index contributed by atoms with van der Waals surface area (Å²) >= 11 is 0. The number of hydrogen-bond acceptors (Lipinski definition) is 2. The summed E-state index contributed by atoms with van der Waals surface area (Å²) in [6.45, 7) is 2.95. The number of nitrogens with zero attached hydrogens (tertiary/aromatic N) is 1. The third-order valence-electron chi connectivity index (χ3n) is 3.56. The summed E-state index contributed by atoms with van der Waals surface area (Å²) in [6.07, 6.45) is 2.65. The van der Waals surface area contributed by atoms with Gasteiger partial charge in [-0.2, -0.15) is 0 Å². The lowest BCUT2D eigenvalue weighted by Gasteiger charge is -2.25. The Labute approximate surface area is 96.2 Å². The fourth-order valence-corrected chi connectivity index (χ4v) is 2.07. The molecule has 0 bridgehead atoms. The second-order valence-electron chi connectivity index (χ2n) is 4.81. The van der Waals surface area contributed by atoms with E-state index in [2.05, 4.69) is 18.9 Å². The van der Waals surface area contributed by atoms with Crippen LogP contribution in [-0.2, 0) is 6.54 Å². The first kappa shape index (κ1) is 11.4. The third-order valence-corrected chi connectivity index (χ3v) is 3.56. The Morgan fingerprint density at radius 3 is 2.81 bits per heavy atom. The van der Waals surface area contributed by atoms with Crippen LogP contribution in [0.25, 0.3) is 0 Å². The highest BCUT2D eigenvalue weighted by molar-refractivity contribution is 5.47. The molecule has 2 N–H and O–H groups in total. The van der Waals surface area contributed by atoms with Gasteiger partial charge < -0.3 is 5.73 Å². The van der Waals surface area contributed by atoms with Crippen LogP contribution in [0.15, 0.2) is 18.2 Å². The average Bonchev–Trinajstić information content (AvgIpc) is 3.07. The molecule has 88 valence electrons. The smallest absolute Gasteiger partial charge is 0.146 e. The van der Waals surface area contributed by atoms with Gasteiger partial charge in [0, 0.05) is 12.6 Å². The molecule has 0 radical (unpaired) electrons. The molecule has 1 aliphatic rings. The molecule has 0 amide bonds. The summed E-state index contributed by atoms with van der Waals surface area (Å²) in [5.41, 5.74) is 6.89.